The van der Waals surface area contributed by atoms with E-state index >= 15 is 0 Å². The lowest BCUT2D eigenvalue weighted by Crippen LogP contribution is -2.33. The fourth-order valence-corrected chi connectivity index (χ4v) is 1.79. The monoisotopic (exact) mass is 236 g/mol. The Hall–Kier alpha value is -0.995. The first kappa shape index (κ1) is 14.1. The molecule has 1 rings (SSSR count). The molecule has 0 heterocycles. The van der Waals surface area contributed by atoms with E-state index in [9.17, 15) is 10.0 Å². The van der Waals surface area contributed by atoms with Crippen LogP contribution in [0.5, 0.6) is 5.75 Å². The van der Waals surface area contributed by atoms with Crippen LogP contribution in [0.1, 0.15) is 39.7 Å². The number of para-hydroxylation sites is 1. The molecule has 0 aliphatic heterocycles. The van der Waals surface area contributed by atoms with Crippen LogP contribution in [0.25, 0.3) is 0 Å². The molecule has 0 aromatic heterocycles. The molecule has 0 bridgehead atoms. The number of ether oxygens (including phenoxy) is 1. The van der Waals surface area contributed by atoms with Crippen molar-refractivity contribution in [3.63, 3.8) is 0 Å². The van der Waals surface area contributed by atoms with Crippen LogP contribution in [0.3, 0.4) is 0 Å². The second kappa shape index (κ2) is 5.56. The highest BCUT2D eigenvalue weighted by molar-refractivity contribution is 6.59. The summed E-state index contributed by atoms with van der Waals surface area (Å²) in [6.45, 7) is 8.76. The van der Waals surface area contributed by atoms with Crippen molar-refractivity contribution >= 4 is 12.6 Å². The molecule has 0 saturated heterocycles. The van der Waals surface area contributed by atoms with Crippen molar-refractivity contribution in [1.82, 2.24) is 0 Å². The summed E-state index contributed by atoms with van der Waals surface area (Å²) in [6.07, 6.45) is 0.956. The van der Waals surface area contributed by atoms with Crippen LogP contribution >= 0.6 is 0 Å². The van der Waals surface area contributed by atoms with Gasteiger partial charge < -0.3 is 14.8 Å². The third kappa shape index (κ3) is 3.02. The van der Waals surface area contributed by atoms with Crippen molar-refractivity contribution in [2.75, 3.05) is 6.61 Å². The maximum Gasteiger partial charge on any atom is 0.492 e. The molecule has 0 atom stereocenters. The fraction of sp³-hybridized carbons (Fsp3) is 0.538. The molecule has 0 aliphatic rings. The Bertz CT molecular complexity index is 375. The zero-order valence-electron chi connectivity index (χ0n) is 11.0. The summed E-state index contributed by atoms with van der Waals surface area (Å²) in [7, 11) is -1.50. The lowest BCUT2D eigenvalue weighted by molar-refractivity contribution is 0.326. The van der Waals surface area contributed by atoms with Crippen molar-refractivity contribution in [3.05, 3.63) is 23.8 Å². The first-order valence-corrected chi connectivity index (χ1v) is 6.06. The molecule has 3 nitrogen and oxygen atoms in total. The lowest BCUT2D eigenvalue weighted by atomic mass is 9.73. The Morgan fingerprint density at radius 2 is 1.88 bits per heavy atom. The molecule has 94 valence electrons. The minimum atomic E-state index is -1.50. The summed E-state index contributed by atoms with van der Waals surface area (Å²) in [5, 5.41) is 18.7. The normalized spacial score (nSPS) is 11.4. The zero-order valence-corrected chi connectivity index (χ0v) is 11.0. The van der Waals surface area contributed by atoms with Crippen LogP contribution in [-0.4, -0.2) is 23.8 Å². The molecule has 0 aliphatic carbocycles. The van der Waals surface area contributed by atoms with Gasteiger partial charge in [-0.2, -0.15) is 0 Å². The predicted molar refractivity (Wildman–Crippen MR) is 70.8 cm³/mol. The van der Waals surface area contributed by atoms with E-state index in [4.69, 9.17) is 4.74 Å². The lowest BCUT2D eigenvalue weighted by Gasteiger charge is -2.27. The van der Waals surface area contributed by atoms with Crippen LogP contribution in [0.15, 0.2) is 18.2 Å². The highest BCUT2D eigenvalue weighted by atomic mass is 16.5. The van der Waals surface area contributed by atoms with Gasteiger partial charge in [0, 0.05) is 5.46 Å². The van der Waals surface area contributed by atoms with Crippen molar-refractivity contribution < 1.29 is 14.8 Å². The van der Waals surface area contributed by atoms with Gasteiger partial charge in [0.15, 0.2) is 0 Å². The van der Waals surface area contributed by atoms with Gasteiger partial charge in [-0.15, -0.1) is 0 Å². The molecule has 0 fully saturated rings. The first-order valence-electron chi connectivity index (χ1n) is 6.06. The van der Waals surface area contributed by atoms with Crippen LogP contribution in [0, 0.1) is 0 Å². The molecule has 0 radical (unpaired) electrons. The smallest absolute Gasteiger partial charge is 0.492 e. The van der Waals surface area contributed by atoms with Gasteiger partial charge in [0.2, 0.25) is 0 Å². The third-order valence-corrected chi connectivity index (χ3v) is 3.23. The maximum absolute atomic E-state index is 9.37. The summed E-state index contributed by atoms with van der Waals surface area (Å²) < 4.78 is 5.60. The summed E-state index contributed by atoms with van der Waals surface area (Å²) >= 11 is 0. The Labute approximate surface area is 104 Å². The van der Waals surface area contributed by atoms with Gasteiger partial charge in [-0.05, 0) is 24.3 Å². The summed E-state index contributed by atoms with van der Waals surface area (Å²) in [6, 6.07) is 5.51. The quantitative estimate of drug-likeness (QED) is 0.761. The van der Waals surface area contributed by atoms with Gasteiger partial charge in [0.25, 0.3) is 0 Å². The Kier molecular flexibility index (Phi) is 4.60. The SMILES string of the molecule is CCOc1c(B(O)O)cccc1C(C)(C)CC. The molecule has 0 amide bonds. The minimum Gasteiger partial charge on any atom is -0.494 e. The van der Waals surface area contributed by atoms with E-state index in [1.807, 2.05) is 19.1 Å². The Morgan fingerprint density at radius 3 is 2.35 bits per heavy atom. The molecule has 0 unspecified atom stereocenters. The van der Waals surface area contributed by atoms with Crippen LogP contribution in [-0.2, 0) is 5.41 Å². The summed E-state index contributed by atoms with van der Waals surface area (Å²) in [5.41, 5.74) is 1.41. The highest BCUT2D eigenvalue weighted by Crippen LogP contribution is 2.33. The second-order valence-corrected chi connectivity index (χ2v) is 4.77. The summed E-state index contributed by atoms with van der Waals surface area (Å²) in [4.78, 5) is 0. The number of rotatable bonds is 5. The Balaban J connectivity index is 3.34. The average molecular weight is 236 g/mol. The van der Waals surface area contributed by atoms with E-state index in [0.717, 1.165) is 12.0 Å². The topological polar surface area (TPSA) is 49.7 Å². The van der Waals surface area contributed by atoms with Crippen LogP contribution in [0.2, 0.25) is 0 Å². The van der Waals surface area contributed by atoms with Gasteiger partial charge in [0.1, 0.15) is 5.75 Å². The maximum atomic E-state index is 9.37. The fourth-order valence-electron chi connectivity index (χ4n) is 1.79. The Morgan fingerprint density at radius 1 is 1.24 bits per heavy atom. The van der Waals surface area contributed by atoms with Crippen LogP contribution < -0.4 is 10.2 Å². The number of benzene rings is 1. The molecule has 4 heteroatoms. The molecule has 2 N–H and O–H groups in total. The van der Waals surface area contributed by atoms with Gasteiger partial charge >= 0.3 is 7.12 Å². The van der Waals surface area contributed by atoms with Crippen molar-refractivity contribution in [2.45, 2.75) is 39.5 Å². The van der Waals surface area contributed by atoms with Gasteiger partial charge in [-0.3, -0.25) is 0 Å². The second-order valence-electron chi connectivity index (χ2n) is 4.77. The number of hydrogen-bond acceptors (Lipinski definition) is 3. The largest absolute Gasteiger partial charge is 0.494 e. The average Bonchev–Trinajstić information content (AvgIpc) is 2.29. The third-order valence-electron chi connectivity index (χ3n) is 3.23. The van der Waals surface area contributed by atoms with E-state index in [1.165, 1.54) is 0 Å². The van der Waals surface area contributed by atoms with E-state index in [1.54, 1.807) is 6.07 Å². The molecular weight excluding hydrogens is 215 g/mol. The molecule has 0 spiro atoms. The minimum absolute atomic E-state index is 0.0462. The standard InChI is InChI=1S/C13H21BO3/c1-5-13(3,4)10-8-7-9-11(14(15)16)12(10)17-6-2/h7-9,15-16H,5-6H2,1-4H3. The first-order chi connectivity index (χ1) is 7.94. The van der Waals surface area contributed by atoms with Crippen molar-refractivity contribution in [3.8, 4) is 5.75 Å². The van der Waals surface area contributed by atoms with E-state index in [-0.39, 0.29) is 5.41 Å². The molecular formula is C13H21BO3. The van der Waals surface area contributed by atoms with Crippen molar-refractivity contribution in [2.24, 2.45) is 0 Å². The molecule has 1 aromatic carbocycles. The van der Waals surface area contributed by atoms with Crippen LogP contribution in [0.4, 0.5) is 0 Å². The predicted octanol–water partition coefficient (Wildman–Crippen LogP) is 1.45. The zero-order chi connectivity index (χ0) is 13.1. The van der Waals surface area contributed by atoms with E-state index in [0.29, 0.717) is 17.8 Å². The van der Waals surface area contributed by atoms with Crippen molar-refractivity contribution in [1.29, 1.82) is 0 Å². The van der Waals surface area contributed by atoms with Gasteiger partial charge in [0.05, 0.1) is 6.61 Å². The van der Waals surface area contributed by atoms with Gasteiger partial charge in [-0.25, -0.2) is 0 Å². The van der Waals surface area contributed by atoms with E-state index < -0.39 is 7.12 Å². The summed E-state index contributed by atoms with van der Waals surface area (Å²) in [5.74, 6) is 0.608. The van der Waals surface area contributed by atoms with E-state index in [2.05, 4.69) is 20.8 Å². The molecule has 17 heavy (non-hydrogen) atoms. The van der Waals surface area contributed by atoms with Gasteiger partial charge in [-0.1, -0.05) is 39.0 Å². The molecule has 1 aromatic rings. The number of hydrogen-bond donors (Lipinski definition) is 2. The highest BCUT2D eigenvalue weighted by Gasteiger charge is 2.27. The molecule has 0 saturated carbocycles.